The van der Waals surface area contributed by atoms with Gasteiger partial charge in [-0.1, -0.05) is 12.1 Å². The molecule has 0 saturated carbocycles. The highest BCUT2D eigenvalue weighted by molar-refractivity contribution is 9.10. The van der Waals surface area contributed by atoms with Crippen molar-refractivity contribution >= 4 is 33.2 Å². The number of nitrogens with zero attached hydrogens (tertiary/aromatic N) is 4. The molecule has 0 bridgehead atoms. The van der Waals surface area contributed by atoms with Crippen LogP contribution in [0.4, 0.5) is 5.69 Å². The lowest BCUT2D eigenvalue weighted by atomic mass is 10.2. The number of benzene rings is 1. The third-order valence-corrected chi connectivity index (χ3v) is 3.75. The molecule has 0 N–H and O–H groups in total. The summed E-state index contributed by atoms with van der Waals surface area (Å²) < 4.78 is 1.93. The predicted molar refractivity (Wildman–Crippen MR) is 74.6 cm³/mol. The smallest absolute Gasteiger partial charge is 0.258 e. The fraction of sp³-hybridized carbons (Fsp3) is 0.273. The Morgan fingerprint density at radius 3 is 2.89 bits per heavy atom. The molecule has 0 fully saturated rings. The number of hydrogen-bond donors (Lipinski definition) is 0. The van der Waals surface area contributed by atoms with Gasteiger partial charge in [-0.15, -0.1) is 16.7 Å². The number of nitro benzene ring substituents is 1. The second-order valence-electron chi connectivity index (χ2n) is 3.86. The van der Waals surface area contributed by atoms with Crippen LogP contribution in [0.3, 0.4) is 0 Å². The van der Waals surface area contributed by atoms with E-state index >= 15 is 0 Å². The first-order chi connectivity index (χ1) is 9.02. The highest BCUT2D eigenvalue weighted by atomic mass is 79.9. The quantitative estimate of drug-likeness (QED) is 0.482. The second-order valence-corrected chi connectivity index (χ2v) is 5.24. The van der Waals surface area contributed by atoms with Crippen LogP contribution in [0.25, 0.3) is 5.69 Å². The molecule has 0 aliphatic rings. The summed E-state index contributed by atoms with van der Waals surface area (Å²) in [7, 11) is 0. The highest BCUT2D eigenvalue weighted by Gasteiger charge is 2.14. The van der Waals surface area contributed by atoms with Crippen LogP contribution in [0.2, 0.25) is 0 Å². The van der Waals surface area contributed by atoms with Crippen LogP contribution in [0.15, 0.2) is 28.9 Å². The number of rotatable bonds is 4. The normalized spacial score (nSPS) is 12.4. The maximum atomic E-state index is 10.7. The average molecular weight is 346 g/mol. The number of nitro groups is 1. The molecular weight excluding hydrogens is 336 g/mol. The van der Waals surface area contributed by atoms with Gasteiger partial charge in [-0.25, -0.2) is 4.68 Å². The summed E-state index contributed by atoms with van der Waals surface area (Å²) >= 11 is 9.24. The van der Waals surface area contributed by atoms with Crippen molar-refractivity contribution < 1.29 is 4.92 Å². The summed E-state index contributed by atoms with van der Waals surface area (Å²) in [4.78, 5) is 10.3. The minimum Gasteiger partial charge on any atom is -0.258 e. The summed E-state index contributed by atoms with van der Waals surface area (Å²) in [5.41, 5.74) is 1.36. The predicted octanol–water partition coefficient (Wildman–Crippen LogP) is 3.63. The minimum atomic E-state index is -0.452. The molecule has 0 spiro atoms. The molecule has 2 aromatic rings. The van der Waals surface area contributed by atoms with Gasteiger partial charge in [0.1, 0.15) is 5.69 Å². The first-order valence-electron chi connectivity index (χ1n) is 5.53. The van der Waals surface area contributed by atoms with Crippen molar-refractivity contribution in [1.29, 1.82) is 0 Å². The Morgan fingerprint density at radius 2 is 2.32 bits per heavy atom. The maximum Gasteiger partial charge on any atom is 0.283 e. The van der Waals surface area contributed by atoms with Gasteiger partial charge in [0.05, 0.1) is 26.7 Å². The van der Waals surface area contributed by atoms with Crippen LogP contribution in [0, 0.1) is 10.1 Å². The Balaban J connectivity index is 2.35. The molecular formula is C11H10BrClN4O2. The zero-order valence-corrected chi connectivity index (χ0v) is 12.3. The van der Waals surface area contributed by atoms with Gasteiger partial charge in [0, 0.05) is 6.07 Å². The van der Waals surface area contributed by atoms with Crippen molar-refractivity contribution in [1.82, 2.24) is 15.0 Å². The lowest BCUT2D eigenvalue weighted by Crippen LogP contribution is -1.96. The number of alkyl halides is 1. The summed E-state index contributed by atoms with van der Waals surface area (Å²) in [5, 5.41) is 18.5. The largest absolute Gasteiger partial charge is 0.283 e. The summed E-state index contributed by atoms with van der Waals surface area (Å²) in [5.74, 6) is 0. The number of halogens is 2. The van der Waals surface area contributed by atoms with E-state index in [4.69, 9.17) is 11.6 Å². The minimum absolute atomic E-state index is 0.00728. The van der Waals surface area contributed by atoms with Crippen LogP contribution in [0.1, 0.15) is 24.4 Å². The van der Waals surface area contributed by atoms with E-state index in [1.165, 1.54) is 10.7 Å². The topological polar surface area (TPSA) is 73.8 Å². The summed E-state index contributed by atoms with van der Waals surface area (Å²) in [6.45, 7) is 1.96. The molecule has 1 heterocycles. The molecule has 100 valence electrons. The first kappa shape index (κ1) is 14.0. The van der Waals surface area contributed by atoms with E-state index in [0.717, 1.165) is 6.42 Å². The molecule has 0 aliphatic heterocycles. The van der Waals surface area contributed by atoms with Crippen molar-refractivity contribution in [2.75, 3.05) is 0 Å². The zero-order chi connectivity index (χ0) is 14.0. The Morgan fingerprint density at radius 1 is 1.58 bits per heavy atom. The highest BCUT2D eigenvalue weighted by Crippen LogP contribution is 2.27. The maximum absolute atomic E-state index is 10.7. The van der Waals surface area contributed by atoms with Gasteiger partial charge >= 0.3 is 0 Å². The van der Waals surface area contributed by atoms with Crippen molar-refractivity contribution in [2.24, 2.45) is 0 Å². The van der Waals surface area contributed by atoms with Crippen LogP contribution < -0.4 is 0 Å². The van der Waals surface area contributed by atoms with E-state index in [2.05, 4.69) is 26.2 Å². The van der Waals surface area contributed by atoms with Crippen molar-refractivity contribution in [2.45, 2.75) is 18.7 Å². The zero-order valence-electron chi connectivity index (χ0n) is 9.96. The van der Waals surface area contributed by atoms with E-state index in [0.29, 0.717) is 15.9 Å². The van der Waals surface area contributed by atoms with Crippen molar-refractivity contribution in [3.8, 4) is 5.69 Å². The Bertz CT molecular complexity index is 616. The molecule has 1 atom stereocenters. The monoisotopic (exact) mass is 344 g/mol. The lowest BCUT2D eigenvalue weighted by molar-refractivity contribution is -0.385. The third kappa shape index (κ3) is 2.93. The van der Waals surface area contributed by atoms with E-state index < -0.39 is 4.92 Å². The van der Waals surface area contributed by atoms with Crippen LogP contribution >= 0.6 is 27.5 Å². The van der Waals surface area contributed by atoms with Gasteiger partial charge < -0.3 is 0 Å². The van der Waals surface area contributed by atoms with Gasteiger partial charge in [0.25, 0.3) is 5.69 Å². The van der Waals surface area contributed by atoms with Gasteiger partial charge in [0.15, 0.2) is 0 Å². The SMILES string of the molecule is CCC(Cl)c1cn(-c2ccc([N+](=O)[O-])c(Br)c2)nn1. The van der Waals surface area contributed by atoms with E-state index in [1.54, 1.807) is 18.3 Å². The molecule has 1 unspecified atom stereocenters. The van der Waals surface area contributed by atoms with E-state index in [1.807, 2.05) is 6.92 Å². The molecule has 0 radical (unpaired) electrons. The van der Waals surface area contributed by atoms with Gasteiger partial charge in [-0.2, -0.15) is 0 Å². The van der Waals surface area contributed by atoms with Crippen LogP contribution in [-0.2, 0) is 0 Å². The Kier molecular flexibility index (Phi) is 4.16. The standard InChI is InChI=1S/C11H10BrClN4O2/c1-2-9(13)10-6-16(15-14-10)7-3-4-11(17(18)19)8(12)5-7/h3-6,9H,2H2,1H3. The second kappa shape index (κ2) is 5.66. The average Bonchev–Trinajstić information content (AvgIpc) is 2.86. The molecule has 1 aromatic heterocycles. The fourth-order valence-corrected chi connectivity index (χ4v) is 2.15. The van der Waals surface area contributed by atoms with Crippen LogP contribution in [0.5, 0.6) is 0 Å². The van der Waals surface area contributed by atoms with Gasteiger partial charge in [-0.05, 0) is 34.5 Å². The lowest BCUT2D eigenvalue weighted by Gasteiger charge is -2.02. The molecule has 0 amide bonds. The molecule has 2 rings (SSSR count). The molecule has 8 heteroatoms. The Hall–Kier alpha value is -1.47. The van der Waals surface area contributed by atoms with Gasteiger partial charge in [-0.3, -0.25) is 10.1 Å². The van der Waals surface area contributed by atoms with E-state index in [9.17, 15) is 10.1 Å². The Labute approximate surface area is 122 Å². The molecule has 19 heavy (non-hydrogen) atoms. The fourth-order valence-electron chi connectivity index (χ4n) is 1.54. The van der Waals surface area contributed by atoms with Crippen molar-refractivity contribution in [3.05, 3.63) is 44.7 Å². The summed E-state index contributed by atoms with van der Waals surface area (Å²) in [6, 6.07) is 4.64. The first-order valence-corrected chi connectivity index (χ1v) is 6.76. The molecule has 0 saturated heterocycles. The molecule has 6 nitrogen and oxygen atoms in total. The van der Waals surface area contributed by atoms with Gasteiger partial charge in [0.2, 0.25) is 0 Å². The third-order valence-electron chi connectivity index (χ3n) is 2.58. The van der Waals surface area contributed by atoms with Crippen molar-refractivity contribution in [3.63, 3.8) is 0 Å². The number of hydrogen-bond acceptors (Lipinski definition) is 4. The molecule has 0 aliphatic carbocycles. The van der Waals surface area contributed by atoms with Crippen LogP contribution in [-0.4, -0.2) is 19.9 Å². The number of aromatic nitrogens is 3. The summed E-state index contributed by atoms with van der Waals surface area (Å²) in [6.07, 6.45) is 2.47. The van der Waals surface area contributed by atoms with E-state index in [-0.39, 0.29) is 11.1 Å². The molecule has 1 aromatic carbocycles.